The van der Waals surface area contributed by atoms with Gasteiger partial charge >= 0.3 is 0 Å². The SMILES string of the molecule is Cc1ccc(C(=O)N(C)CC2CCN(C)C2)cc1Oc1ccncc1. The predicted molar refractivity (Wildman–Crippen MR) is 98.1 cm³/mol. The molecule has 0 aliphatic carbocycles. The van der Waals surface area contributed by atoms with E-state index < -0.39 is 0 Å². The summed E-state index contributed by atoms with van der Waals surface area (Å²) in [6.45, 7) is 4.93. The summed E-state index contributed by atoms with van der Waals surface area (Å²) < 4.78 is 5.91. The Hall–Kier alpha value is -2.40. The van der Waals surface area contributed by atoms with E-state index in [1.54, 1.807) is 24.5 Å². The zero-order valence-electron chi connectivity index (χ0n) is 15.1. The topological polar surface area (TPSA) is 45.7 Å². The molecule has 0 bridgehead atoms. The number of ether oxygens (including phenoxy) is 1. The molecule has 0 radical (unpaired) electrons. The average Bonchev–Trinajstić information content (AvgIpc) is 3.02. The lowest BCUT2D eigenvalue weighted by Crippen LogP contribution is -2.32. The molecule has 0 N–H and O–H groups in total. The Morgan fingerprint density at radius 2 is 2.08 bits per heavy atom. The van der Waals surface area contributed by atoms with Crippen molar-refractivity contribution in [2.45, 2.75) is 13.3 Å². The van der Waals surface area contributed by atoms with Gasteiger partial charge in [-0.3, -0.25) is 9.78 Å². The highest BCUT2D eigenvalue weighted by Crippen LogP contribution is 2.26. The minimum Gasteiger partial charge on any atom is -0.457 e. The molecular weight excluding hydrogens is 314 g/mol. The third-order valence-corrected chi connectivity index (χ3v) is 4.68. The van der Waals surface area contributed by atoms with Crippen molar-refractivity contribution in [2.24, 2.45) is 5.92 Å². The molecule has 5 nitrogen and oxygen atoms in total. The normalized spacial score (nSPS) is 17.5. The Balaban J connectivity index is 1.71. The number of carbonyl (C=O) groups excluding carboxylic acids is 1. The smallest absolute Gasteiger partial charge is 0.253 e. The lowest BCUT2D eigenvalue weighted by molar-refractivity contribution is 0.0773. The van der Waals surface area contributed by atoms with E-state index in [4.69, 9.17) is 4.74 Å². The summed E-state index contributed by atoms with van der Waals surface area (Å²) in [7, 11) is 4.01. The van der Waals surface area contributed by atoms with Crippen molar-refractivity contribution in [1.29, 1.82) is 0 Å². The third kappa shape index (κ3) is 4.37. The van der Waals surface area contributed by atoms with Gasteiger partial charge in [0.05, 0.1) is 0 Å². The molecule has 2 heterocycles. The summed E-state index contributed by atoms with van der Waals surface area (Å²) >= 11 is 0. The molecule has 1 atom stereocenters. The Morgan fingerprint density at radius 3 is 2.76 bits per heavy atom. The highest BCUT2D eigenvalue weighted by atomic mass is 16.5. The van der Waals surface area contributed by atoms with Crippen LogP contribution in [0.15, 0.2) is 42.7 Å². The van der Waals surface area contributed by atoms with Crippen LogP contribution in [0.25, 0.3) is 0 Å². The Labute approximate surface area is 149 Å². The number of hydrogen-bond acceptors (Lipinski definition) is 4. The van der Waals surface area contributed by atoms with E-state index in [9.17, 15) is 4.79 Å². The van der Waals surface area contributed by atoms with Gasteiger partial charge in [-0.2, -0.15) is 0 Å². The molecule has 1 aliphatic rings. The number of carbonyl (C=O) groups is 1. The monoisotopic (exact) mass is 339 g/mol. The lowest BCUT2D eigenvalue weighted by Gasteiger charge is -2.22. The molecule has 1 saturated heterocycles. The molecule has 0 saturated carbocycles. The van der Waals surface area contributed by atoms with E-state index in [1.807, 2.05) is 37.1 Å². The van der Waals surface area contributed by atoms with Gasteiger partial charge in [-0.1, -0.05) is 6.07 Å². The number of rotatable bonds is 5. The number of hydrogen-bond donors (Lipinski definition) is 0. The summed E-state index contributed by atoms with van der Waals surface area (Å²) in [5.41, 5.74) is 1.65. The molecule has 1 unspecified atom stereocenters. The average molecular weight is 339 g/mol. The fraction of sp³-hybridized carbons (Fsp3) is 0.400. The van der Waals surface area contributed by atoms with Gasteiger partial charge in [-0.25, -0.2) is 0 Å². The van der Waals surface area contributed by atoms with Crippen molar-refractivity contribution >= 4 is 5.91 Å². The molecule has 1 fully saturated rings. The summed E-state index contributed by atoms with van der Waals surface area (Å²) in [4.78, 5) is 20.9. The first-order valence-corrected chi connectivity index (χ1v) is 8.65. The molecule has 1 aromatic carbocycles. The van der Waals surface area contributed by atoms with Crippen LogP contribution < -0.4 is 4.74 Å². The van der Waals surface area contributed by atoms with Crippen LogP contribution in [0.5, 0.6) is 11.5 Å². The van der Waals surface area contributed by atoms with Gasteiger partial charge in [0, 0.05) is 38.1 Å². The molecule has 1 aliphatic heterocycles. The second-order valence-corrected chi connectivity index (χ2v) is 6.87. The fourth-order valence-electron chi connectivity index (χ4n) is 3.24. The maximum Gasteiger partial charge on any atom is 0.253 e. The molecule has 1 amide bonds. The van der Waals surface area contributed by atoms with E-state index in [0.29, 0.717) is 23.0 Å². The van der Waals surface area contributed by atoms with Gasteiger partial charge in [0.2, 0.25) is 0 Å². The molecule has 0 spiro atoms. The molecule has 1 aromatic heterocycles. The quantitative estimate of drug-likeness (QED) is 0.839. The minimum absolute atomic E-state index is 0.0362. The Morgan fingerprint density at radius 1 is 1.32 bits per heavy atom. The third-order valence-electron chi connectivity index (χ3n) is 4.68. The number of aromatic nitrogens is 1. The van der Waals surface area contributed by atoms with Crippen LogP contribution in [0, 0.1) is 12.8 Å². The molecule has 5 heteroatoms. The lowest BCUT2D eigenvalue weighted by atomic mass is 10.1. The zero-order valence-corrected chi connectivity index (χ0v) is 15.1. The van der Waals surface area contributed by atoms with Gasteiger partial charge in [-0.05, 0) is 62.7 Å². The number of aryl methyl sites for hydroxylation is 1. The van der Waals surface area contributed by atoms with Crippen LogP contribution in [0.2, 0.25) is 0 Å². The number of pyridine rings is 1. The van der Waals surface area contributed by atoms with Gasteiger partial charge < -0.3 is 14.5 Å². The number of nitrogens with zero attached hydrogens (tertiary/aromatic N) is 3. The number of amides is 1. The molecule has 132 valence electrons. The van der Waals surface area contributed by atoms with E-state index in [2.05, 4.69) is 16.9 Å². The number of likely N-dealkylation sites (tertiary alicyclic amines) is 1. The van der Waals surface area contributed by atoms with Gasteiger partial charge in [0.25, 0.3) is 5.91 Å². The minimum atomic E-state index is 0.0362. The molecule has 3 rings (SSSR count). The van der Waals surface area contributed by atoms with E-state index in [0.717, 1.165) is 31.6 Å². The molecule has 2 aromatic rings. The molecular formula is C20H25N3O2. The standard InChI is InChI=1S/C20H25N3O2/c1-15-4-5-17(12-19(15)25-18-6-9-21-10-7-18)20(24)23(3)14-16-8-11-22(2)13-16/h4-7,9-10,12,16H,8,11,13-14H2,1-3H3. The number of benzene rings is 1. The summed E-state index contributed by atoms with van der Waals surface area (Å²) in [6, 6.07) is 9.23. The van der Waals surface area contributed by atoms with Crippen LogP contribution in [-0.4, -0.2) is 54.4 Å². The van der Waals surface area contributed by atoms with Crippen LogP contribution in [0.3, 0.4) is 0 Å². The first kappa shape index (κ1) is 17.4. The van der Waals surface area contributed by atoms with Gasteiger partial charge in [-0.15, -0.1) is 0 Å². The van der Waals surface area contributed by atoms with Crippen LogP contribution in [-0.2, 0) is 0 Å². The largest absolute Gasteiger partial charge is 0.457 e. The van der Waals surface area contributed by atoms with Crippen LogP contribution >= 0.6 is 0 Å². The van der Waals surface area contributed by atoms with Crippen molar-refractivity contribution < 1.29 is 9.53 Å². The Kier molecular flexibility index (Phi) is 5.34. The van der Waals surface area contributed by atoms with E-state index >= 15 is 0 Å². The first-order chi connectivity index (χ1) is 12.0. The molecule has 25 heavy (non-hydrogen) atoms. The summed E-state index contributed by atoms with van der Waals surface area (Å²) in [6.07, 6.45) is 4.52. The van der Waals surface area contributed by atoms with Crippen molar-refractivity contribution in [3.63, 3.8) is 0 Å². The van der Waals surface area contributed by atoms with Crippen LogP contribution in [0.4, 0.5) is 0 Å². The van der Waals surface area contributed by atoms with Gasteiger partial charge in [0.1, 0.15) is 11.5 Å². The highest BCUT2D eigenvalue weighted by molar-refractivity contribution is 5.94. The zero-order chi connectivity index (χ0) is 17.8. The Bertz CT molecular complexity index is 733. The fourth-order valence-corrected chi connectivity index (χ4v) is 3.24. The van der Waals surface area contributed by atoms with Crippen molar-refractivity contribution in [2.75, 3.05) is 33.7 Å². The van der Waals surface area contributed by atoms with Crippen molar-refractivity contribution in [3.8, 4) is 11.5 Å². The van der Waals surface area contributed by atoms with Crippen molar-refractivity contribution in [3.05, 3.63) is 53.9 Å². The van der Waals surface area contributed by atoms with Crippen LogP contribution in [0.1, 0.15) is 22.3 Å². The summed E-state index contributed by atoms with van der Waals surface area (Å²) in [5.74, 6) is 2.00. The predicted octanol–water partition coefficient (Wildman–Crippen LogP) is 3.21. The van der Waals surface area contributed by atoms with Gasteiger partial charge in [0.15, 0.2) is 0 Å². The highest BCUT2D eigenvalue weighted by Gasteiger charge is 2.23. The van der Waals surface area contributed by atoms with E-state index in [-0.39, 0.29) is 5.91 Å². The first-order valence-electron chi connectivity index (χ1n) is 8.65. The maximum absolute atomic E-state index is 12.8. The van der Waals surface area contributed by atoms with Crippen molar-refractivity contribution in [1.82, 2.24) is 14.8 Å². The van der Waals surface area contributed by atoms with E-state index in [1.165, 1.54) is 0 Å². The maximum atomic E-state index is 12.8. The summed E-state index contributed by atoms with van der Waals surface area (Å²) in [5, 5.41) is 0. The second kappa shape index (κ2) is 7.66. The second-order valence-electron chi connectivity index (χ2n) is 6.87.